The zero-order valence-corrected chi connectivity index (χ0v) is 15.6. The van der Waals surface area contributed by atoms with Crippen LogP contribution >= 0.6 is 11.3 Å². The molecule has 0 unspecified atom stereocenters. The number of benzene rings is 2. The maximum Gasteiger partial charge on any atom is 0.280 e. The van der Waals surface area contributed by atoms with Crippen LogP contribution < -0.4 is 0 Å². The quantitative estimate of drug-likeness (QED) is 0.249. The molecule has 0 atom stereocenters. The molecule has 0 N–H and O–H groups in total. The van der Waals surface area contributed by atoms with Gasteiger partial charge in [-0.3, -0.25) is 10.1 Å². The monoisotopic (exact) mass is 387 g/mol. The van der Waals surface area contributed by atoms with Crippen LogP contribution in [-0.2, 0) is 0 Å². The molecule has 4 aromatic rings. The lowest BCUT2D eigenvalue weighted by molar-refractivity contribution is -0.384. The van der Waals surface area contributed by atoms with Crippen molar-refractivity contribution in [1.29, 1.82) is 5.26 Å². The van der Waals surface area contributed by atoms with E-state index in [1.807, 2.05) is 24.3 Å². The molecule has 2 aromatic heterocycles. The lowest BCUT2D eigenvalue weighted by Crippen LogP contribution is -1.92. The number of fused-ring (bicyclic) bond motifs is 1. The lowest BCUT2D eigenvalue weighted by Gasteiger charge is -2.01. The maximum absolute atomic E-state index is 11.4. The van der Waals surface area contributed by atoms with Crippen molar-refractivity contribution in [3.05, 3.63) is 81.0 Å². The van der Waals surface area contributed by atoms with E-state index in [2.05, 4.69) is 11.1 Å². The summed E-state index contributed by atoms with van der Waals surface area (Å²) in [7, 11) is 0. The van der Waals surface area contributed by atoms with E-state index in [-0.39, 0.29) is 5.69 Å². The van der Waals surface area contributed by atoms with Gasteiger partial charge in [0.25, 0.3) is 5.69 Å². The number of nitro groups is 1. The topological polar surface area (TPSA) is 93.0 Å². The van der Waals surface area contributed by atoms with Crippen LogP contribution in [0.5, 0.6) is 0 Å². The van der Waals surface area contributed by atoms with Gasteiger partial charge in [0.2, 0.25) is 0 Å². The molecule has 0 bridgehead atoms. The Morgan fingerprint density at radius 2 is 2.07 bits per heavy atom. The average Bonchev–Trinajstić information content (AvgIpc) is 3.32. The van der Waals surface area contributed by atoms with Gasteiger partial charge in [0.1, 0.15) is 22.6 Å². The number of allylic oxidation sites excluding steroid dienone is 1. The first-order chi connectivity index (χ1) is 13.5. The Kier molecular flexibility index (Phi) is 4.47. The highest BCUT2D eigenvalue weighted by molar-refractivity contribution is 7.19. The Bertz CT molecular complexity index is 1240. The summed E-state index contributed by atoms with van der Waals surface area (Å²) in [5.74, 6) is 0.806. The van der Waals surface area contributed by atoms with Crippen LogP contribution in [0.3, 0.4) is 0 Å². The minimum absolute atomic E-state index is 0.0171. The van der Waals surface area contributed by atoms with Gasteiger partial charge in [0, 0.05) is 12.1 Å². The van der Waals surface area contributed by atoms with Gasteiger partial charge < -0.3 is 4.42 Å². The van der Waals surface area contributed by atoms with Gasteiger partial charge >= 0.3 is 0 Å². The number of nitro benzene ring substituents is 1. The summed E-state index contributed by atoms with van der Waals surface area (Å²) in [5.41, 5.74) is 2.38. The van der Waals surface area contributed by atoms with Crippen molar-refractivity contribution in [2.24, 2.45) is 0 Å². The highest BCUT2D eigenvalue weighted by Gasteiger charge is 2.18. The number of hydrogen-bond acceptors (Lipinski definition) is 6. The first-order valence-corrected chi connectivity index (χ1v) is 9.20. The van der Waals surface area contributed by atoms with Crippen molar-refractivity contribution in [3.63, 3.8) is 0 Å². The maximum atomic E-state index is 11.4. The number of nitrogens with zero attached hydrogens (tertiary/aromatic N) is 3. The van der Waals surface area contributed by atoms with Gasteiger partial charge in [-0.25, -0.2) is 4.98 Å². The van der Waals surface area contributed by atoms with Gasteiger partial charge in [0.15, 0.2) is 0 Å². The molecule has 6 nitrogen and oxygen atoms in total. The fraction of sp³-hybridized carbons (Fsp3) is 0.0476. The summed E-state index contributed by atoms with van der Waals surface area (Å²) < 4.78 is 6.77. The van der Waals surface area contributed by atoms with E-state index in [9.17, 15) is 15.4 Å². The van der Waals surface area contributed by atoms with Crippen LogP contribution in [-0.4, -0.2) is 9.91 Å². The number of aromatic nitrogens is 1. The van der Waals surface area contributed by atoms with Crippen molar-refractivity contribution >= 4 is 38.9 Å². The fourth-order valence-electron chi connectivity index (χ4n) is 2.85. The Morgan fingerprint density at radius 1 is 1.25 bits per heavy atom. The van der Waals surface area contributed by atoms with Crippen molar-refractivity contribution < 1.29 is 9.34 Å². The molecule has 0 spiro atoms. The van der Waals surface area contributed by atoms with Crippen LogP contribution in [0.15, 0.2) is 59.0 Å². The number of thiazole rings is 1. The van der Waals surface area contributed by atoms with Gasteiger partial charge in [-0.15, -0.1) is 11.3 Å². The molecule has 7 heteroatoms. The number of para-hydroxylation sites is 1. The Balaban J connectivity index is 1.73. The molecule has 0 radical (unpaired) electrons. The van der Waals surface area contributed by atoms with E-state index in [0.717, 1.165) is 15.8 Å². The molecule has 0 saturated carbocycles. The fourth-order valence-corrected chi connectivity index (χ4v) is 3.78. The predicted molar refractivity (Wildman–Crippen MR) is 109 cm³/mol. The number of nitriles is 1. The molecule has 0 aliphatic carbocycles. The summed E-state index contributed by atoms with van der Waals surface area (Å²) in [6.07, 6.45) is 1.60. The molecule has 0 saturated heterocycles. The van der Waals surface area contributed by atoms with Crippen LogP contribution in [0.4, 0.5) is 5.69 Å². The molecular formula is C21H13N3O3S. The average molecular weight is 387 g/mol. The van der Waals surface area contributed by atoms with Crippen LogP contribution in [0.25, 0.3) is 33.2 Å². The minimum atomic E-state index is -0.428. The molecule has 28 heavy (non-hydrogen) atoms. The highest BCUT2D eigenvalue weighted by Crippen LogP contribution is 2.33. The number of hydrogen-bond donors (Lipinski definition) is 0. The second-order valence-corrected chi connectivity index (χ2v) is 7.17. The van der Waals surface area contributed by atoms with Gasteiger partial charge in [0.05, 0.1) is 26.3 Å². The second-order valence-electron chi connectivity index (χ2n) is 6.14. The van der Waals surface area contributed by atoms with E-state index in [1.54, 1.807) is 37.3 Å². The van der Waals surface area contributed by atoms with E-state index >= 15 is 0 Å². The van der Waals surface area contributed by atoms with Crippen LogP contribution in [0.2, 0.25) is 0 Å². The largest absolute Gasteiger partial charge is 0.456 e. The lowest BCUT2D eigenvalue weighted by atomic mass is 10.1. The summed E-state index contributed by atoms with van der Waals surface area (Å²) >= 11 is 1.43. The molecule has 2 aromatic carbocycles. The Morgan fingerprint density at radius 3 is 2.82 bits per heavy atom. The summed E-state index contributed by atoms with van der Waals surface area (Å²) in [5, 5.41) is 21.5. The zero-order valence-electron chi connectivity index (χ0n) is 14.7. The van der Waals surface area contributed by atoms with Gasteiger partial charge in [-0.05, 0) is 42.8 Å². The third kappa shape index (κ3) is 3.29. The summed E-state index contributed by atoms with van der Waals surface area (Å²) in [6, 6.07) is 18.1. The van der Waals surface area contributed by atoms with Crippen molar-refractivity contribution in [1.82, 2.24) is 4.98 Å². The Labute approximate surface area is 164 Å². The molecule has 0 fully saturated rings. The van der Waals surface area contributed by atoms with E-state index in [1.165, 1.54) is 17.4 Å². The van der Waals surface area contributed by atoms with E-state index in [4.69, 9.17) is 4.42 Å². The Hall–Kier alpha value is -3.76. The molecule has 2 heterocycles. The predicted octanol–water partition coefficient (Wildman–Crippen LogP) is 5.84. The second kappa shape index (κ2) is 7.10. The SMILES string of the molecule is Cc1ccc(-c2ccc(C=C(C#N)c3nc4ccccc4s3)o2)c([N+](=O)[O-])c1. The molecule has 4 rings (SSSR count). The highest BCUT2D eigenvalue weighted by atomic mass is 32.1. The van der Waals surface area contributed by atoms with Crippen molar-refractivity contribution in [3.8, 4) is 17.4 Å². The molecular weight excluding hydrogens is 374 g/mol. The third-order valence-electron chi connectivity index (χ3n) is 4.17. The van der Waals surface area contributed by atoms with Crippen molar-refractivity contribution in [2.45, 2.75) is 6.92 Å². The van der Waals surface area contributed by atoms with Crippen LogP contribution in [0, 0.1) is 28.4 Å². The van der Waals surface area contributed by atoms with E-state index < -0.39 is 4.92 Å². The smallest absolute Gasteiger partial charge is 0.280 e. The molecule has 0 amide bonds. The number of rotatable bonds is 4. The van der Waals surface area contributed by atoms with Crippen LogP contribution in [0.1, 0.15) is 16.3 Å². The first kappa shape index (κ1) is 17.6. The summed E-state index contributed by atoms with van der Waals surface area (Å²) in [6.45, 7) is 1.80. The third-order valence-corrected chi connectivity index (χ3v) is 5.24. The number of aryl methyl sites for hydroxylation is 1. The normalized spacial score (nSPS) is 11.5. The van der Waals surface area contributed by atoms with Gasteiger partial charge in [-0.1, -0.05) is 18.2 Å². The standard InChI is InChI=1S/C21H13N3O3S/c1-13-6-8-16(18(10-13)24(25)26)19-9-7-15(27-19)11-14(12-22)21-23-17-4-2-3-5-20(17)28-21/h2-11H,1H3. The molecule has 0 aliphatic heterocycles. The number of furan rings is 1. The minimum Gasteiger partial charge on any atom is -0.456 e. The van der Waals surface area contributed by atoms with Crippen molar-refractivity contribution in [2.75, 3.05) is 0 Å². The molecule has 136 valence electrons. The van der Waals surface area contributed by atoms with E-state index in [0.29, 0.717) is 27.7 Å². The first-order valence-electron chi connectivity index (χ1n) is 8.38. The zero-order chi connectivity index (χ0) is 19.7. The van der Waals surface area contributed by atoms with Gasteiger partial charge in [-0.2, -0.15) is 5.26 Å². The summed E-state index contributed by atoms with van der Waals surface area (Å²) in [4.78, 5) is 15.4. The molecule has 0 aliphatic rings.